The summed E-state index contributed by atoms with van der Waals surface area (Å²) in [7, 11) is -3.93. The van der Waals surface area contributed by atoms with E-state index in [9.17, 15) is 13.2 Å². The standard InChI is InChI=1S/C11H21BrN2O5S/c1-8(2)18-10(15)13-20(16,17)14-6-9(5-12)19-11(3,4)7-14/h8-9H,5-7H2,1-4H3,(H,13,15). The highest BCUT2D eigenvalue weighted by atomic mass is 79.9. The van der Waals surface area contributed by atoms with Gasteiger partial charge < -0.3 is 9.47 Å². The number of hydrogen-bond donors (Lipinski definition) is 1. The van der Waals surface area contributed by atoms with E-state index in [0.29, 0.717) is 5.33 Å². The molecule has 118 valence electrons. The van der Waals surface area contributed by atoms with Crippen LogP contribution in [0.1, 0.15) is 27.7 Å². The molecule has 1 heterocycles. The summed E-state index contributed by atoms with van der Waals surface area (Å²) >= 11 is 3.28. The Kier molecular flexibility index (Phi) is 5.82. The summed E-state index contributed by atoms with van der Waals surface area (Å²) in [5.41, 5.74) is -0.618. The van der Waals surface area contributed by atoms with Gasteiger partial charge >= 0.3 is 16.3 Å². The minimum absolute atomic E-state index is 0.167. The Balaban J connectivity index is 2.78. The van der Waals surface area contributed by atoms with Crippen LogP contribution in [0.4, 0.5) is 4.79 Å². The van der Waals surface area contributed by atoms with Crippen LogP contribution in [0.2, 0.25) is 0 Å². The number of amides is 1. The molecule has 7 nitrogen and oxygen atoms in total. The van der Waals surface area contributed by atoms with Crippen LogP contribution in [0.15, 0.2) is 0 Å². The van der Waals surface area contributed by atoms with E-state index < -0.39 is 21.9 Å². The predicted octanol–water partition coefficient (Wildman–Crippen LogP) is 1.24. The maximum absolute atomic E-state index is 12.2. The molecule has 1 aliphatic rings. The number of rotatable bonds is 4. The molecule has 1 atom stereocenters. The lowest BCUT2D eigenvalue weighted by Gasteiger charge is -2.41. The fraction of sp³-hybridized carbons (Fsp3) is 0.909. The predicted molar refractivity (Wildman–Crippen MR) is 78.0 cm³/mol. The first-order chi connectivity index (χ1) is 9.05. The molecule has 1 unspecified atom stereocenters. The first kappa shape index (κ1) is 17.7. The summed E-state index contributed by atoms with van der Waals surface area (Å²) in [6.07, 6.45) is -1.63. The van der Waals surface area contributed by atoms with Crippen molar-refractivity contribution in [2.24, 2.45) is 0 Å². The summed E-state index contributed by atoms with van der Waals surface area (Å²) in [5, 5.41) is 0.513. The van der Waals surface area contributed by atoms with Gasteiger partial charge in [-0.3, -0.25) is 0 Å². The number of carbonyl (C=O) groups excluding carboxylic acids is 1. The number of nitrogens with one attached hydrogen (secondary N) is 1. The van der Waals surface area contributed by atoms with Crippen LogP contribution in [-0.4, -0.2) is 55.0 Å². The Morgan fingerprint density at radius 2 is 2.15 bits per heavy atom. The molecule has 0 bridgehead atoms. The van der Waals surface area contributed by atoms with Crippen LogP contribution in [0, 0.1) is 0 Å². The molecule has 0 saturated carbocycles. The fourth-order valence-electron chi connectivity index (χ4n) is 1.91. The third-order valence-corrected chi connectivity index (χ3v) is 4.62. The molecule has 0 aromatic rings. The Morgan fingerprint density at radius 3 is 2.65 bits per heavy atom. The first-order valence-electron chi connectivity index (χ1n) is 6.28. The van der Waals surface area contributed by atoms with E-state index >= 15 is 0 Å². The Bertz CT molecular complexity index is 452. The molecule has 1 aliphatic heterocycles. The number of nitrogens with zero attached hydrogens (tertiary/aromatic N) is 1. The zero-order chi connectivity index (χ0) is 15.6. The van der Waals surface area contributed by atoms with Crippen molar-refractivity contribution in [3.63, 3.8) is 0 Å². The Hall–Kier alpha value is -0.380. The van der Waals surface area contributed by atoms with Crippen molar-refractivity contribution in [3.8, 4) is 0 Å². The van der Waals surface area contributed by atoms with E-state index in [1.807, 2.05) is 4.72 Å². The molecular formula is C11H21BrN2O5S. The van der Waals surface area contributed by atoms with Gasteiger partial charge in [0.25, 0.3) is 0 Å². The Labute approximate surface area is 128 Å². The number of hydrogen-bond acceptors (Lipinski definition) is 5. The van der Waals surface area contributed by atoms with Crippen LogP contribution < -0.4 is 4.72 Å². The molecule has 0 aliphatic carbocycles. The Morgan fingerprint density at radius 1 is 1.55 bits per heavy atom. The molecular weight excluding hydrogens is 352 g/mol. The zero-order valence-electron chi connectivity index (χ0n) is 12.1. The second-order valence-electron chi connectivity index (χ2n) is 5.51. The van der Waals surface area contributed by atoms with Gasteiger partial charge in [-0.15, -0.1) is 0 Å². The van der Waals surface area contributed by atoms with Crippen molar-refractivity contribution < 1.29 is 22.7 Å². The maximum Gasteiger partial charge on any atom is 0.422 e. The fourth-order valence-corrected chi connectivity index (χ4v) is 3.48. The number of alkyl halides is 1. The molecule has 0 aromatic heterocycles. The van der Waals surface area contributed by atoms with E-state index in [4.69, 9.17) is 9.47 Å². The normalized spacial score (nSPS) is 23.6. The molecule has 0 radical (unpaired) electrons. The van der Waals surface area contributed by atoms with Gasteiger partial charge in [-0.05, 0) is 27.7 Å². The minimum Gasteiger partial charge on any atom is -0.446 e. The van der Waals surface area contributed by atoms with Gasteiger partial charge in [0.15, 0.2) is 0 Å². The minimum atomic E-state index is -3.93. The van der Waals surface area contributed by atoms with Gasteiger partial charge in [-0.2, -0.15) is 12.7 Å². The van der Waals surface area contributed by atoms with Crippen molar-refractivity contribution in [1.29, 1.82) is 0 Å². The SMILES string of the molecule is CC(C)OC(=O)NS(=O)(=O)N1CC(CBr)OC(C)(C)C1. The van der Waals surface area contributed by atoms with Crippen molar-refractivity contribution >= 4 is 32.2 Å². The molecule has 1 saturated heterocycles. The van der Waals surface area contributed by atoms with Crippen LogP contribution >= 0.6 is 15.9 Å². The summed E-state index contributed by atoms with van der Waals surface area (Å²) in [4.78, 5) is 11.4. The second kappa shape index (κ2) is 6.59. The lowest BCUT2D eigenvalue weighted by Crippen LogP contribution is -2.58. The van der Waals surface area contributed by atoms with E-state index in [2.05, 4.69) is 15.9 Å². The molecule has 1 rings (SSSR count). The molecule has 20 heavy (non-hydrogen) atoms. The van der Waals surface area contributed by atoms with Crippen molar-refractivity contribution in [2.75, 3.05) is 18.4 Å². The number of morpholine rings is 1. The van der Waals surface area contributed by atoms with E-state index in [1.165, 1.54) is 4.31 Å². The number of halogens is 1. The third-order valence-electron chi connectivity index (χ3n) is 2.52. The van der Waals surface area contributed by atoms with Gasteiger partial charge in [-0.25, -0.2) is 9.52 Å². The highest BCUT2D eigenvalue weighted by molar-refractivity contribution is 9.09. The van der Waals surface area contributed by atoms with Crippen LogP contribution in [0.25, 0.3) is 0 Å². The van der Waals surface area contributed by atoms with Crippen LogP contribution in [0.5, 0.6) is 0 Å². The number of ether oxygens (including phenoxy) is 2. The zero-order valence-corrected chi connectivity index (χ0v) is 14.5. The van der Waals surface area contributed by atoms with Crippen molar-refractivity contribution in [3.05, 3.63) is 0 Å². The lowest BCUT2D eigenvalue weighted by molar-refractivity contribution is -0.107. The summed E-state index contributed by atoms with van der Waals surface area (Å²) < 4.78 is 38.0. The van der Waals surface area contributed by atoms with E-state index in [1.54, 1.807) is 27.7 Å². The highest BCUT2D eigenvalue weighted by Crippen LogP contribution is 2.23. The summed E-state index contributed by atoms with van der Waals surface area (Å²) in [6, 6.07) is 0. The van der Waals surface area contributed by atoms with Crippen molar-refractivity contribution in [1.82, 2.24) is 9.03 Å². The molecule has 1 fully saturated rings. The number of carbonyl (C=O) groups is 1. The monoisotopic (exact) mass is 372 g/mol. The molecule has 0 aromatic carbocycles. The van der Waals surface area contributed by atoms with Gasteiger partial charge in [0, 0.05) is 18.4 Å². The third kappa shape index (κ3) is 5.19. The van der Waals surface area contributed by atoms with Gasteiger partial charge in [0.2, 0.25) is 0 Å². The average Bonchev–Trinajstić information content (AvgIpc) is 2.24. The highest BCUT2D eigenvalue weighted by Gasteiger charge is 2.39. The quantitative estimate of drug-likeness (QED) is 0.750. The smallest absolute Gasteiger partial charge is 0.422 e. The maximum atomic E-state index is 12.2. The average molecular weight is 373 g/mol. The largest absolute Gasteiger partial charge is 0.446 e. The van der Waals surface area contributed by atoms with Gasteiger partial charge in [0.05, 0.1) is 17.8 Å². The van der Waals surface area contributed by atoms with Crippen LogP contribution in [-0.2, 0) is 19.7 Å². The molecule has 1 N–H and O–H groups in total. The molecule has 1 amide bonds. The van der Waals surface area contributed by atoms with Gasteiger partial charge in [0.1, 0.15) is 0 Å². The van der Waals surface area contributed by atoms with E-state index in [0.717, 1.165) is 0 Å². The molecule has 9 heteroatoms. The van der Waals surface area contributed by atoms with Crippen LogP contribution in [0.3, 0.4) is 0 Å². The topological polar surface area (TPSA) is 84.9 Å². The van der Waals surface area contributed by atoms with E-state index in [-0.39, 0.29) is 25.3 Å². The summed E-state index contributed by atoms with van der Waals surface area (Å²) in [5.74, 6) is 0. The van der Waals surface area contributed by atoms with Crippen molar-refractivity contribution in [2.45, 2.75) is 45.5 Å². The lowest BCUT2D eigenvalue weighted by atomic mass is 10.1. The summed E-state index contributed by atoms with van der Waals surface area (Å²) in [6.45, 7) is 7.24. The first-order valence-corrected chi connectivity index (χ1v) is 8.84. The van der Waals surface area contributed by atoms with Gasteiger partial charge in [-0.1, -0.05) is 15.9 Å². The second-order valence-corrected chi connectivity index (χ2v) is 7.83. The molecule has 0 spiro atoms.